The van der Waals surface area contributed by atoms with Crippen LogP contribution >= 0.6 is 0 Å². The molecule has 0 fully saturated rings. The van der Waals surface area contributed by atoms with E-state index in [9.17, 15) is 36.3 Å². The van der Waals surface area contributed by atoms with Crippen molar-refractivity contribution in [3.63, 3.8) is 0 Å². The summed E-state index contributed by atoms with van der Waals surface area (Å²) in [7, 11) is 0. The van der Waals surface area contributed by atoms with E-state index in [2.05, 4.69) is 15.4 Å². The van der Waals surface area contributed by atoms with Crippen LogP contribution in [0.4, 0.5) is 26.7 Å². The first kappa shape index (κ1) is 30.5. The molecule has 2 atom stereocenters. The van der Waals surface area contributed by atoms with Crippen molar-refractivity contribution in [1.29, 1.82) is 0 Å². The molecule has 0 radical (unpaired) electrons. The van der Waals surface area contributed by atoms with Gasteiger partial charge >= 0.3 is 12.1 Å². The minimum Gasteiger partial charge on any atom is -0.445 e. The molecule has 0 aromatic heterocycles. The molecule has 0 heterocycles. The summed E-state index contributed by atoms with van der Waals surface area (Å²) >= 11 is 0. The van der Waals surface area contributed by atoms with Crippen molar-refractivity contribution in [3.8, 4) is 5.75 Å². The zero-order valence-corrected chi connectivity index (χ0v) is 21.2. The standard InChI is InChI=1S/C26H29F5N2O5/c1-13(2)10-16(33-26(36)37-12-15-8-6-5-7-9-15)24(34)32-17(11-14(3)4)25(35)38-23-21(30)19(28)18(27)20(29)22(23)31/h5-9,13-14,16-17H,10-12H2,1-4H3,(H,32,34)(H,33,36)/t16-,17+/m1/s1. The third-order valence-electron chi connectivity index (χ3n) is 5.21. The van der Waals surface area contributed by atoms with E-state index in [-0.39, 0.29) is 31.3 Å². The van der Waals surface area contributed by atoms with Crippen LogP contribution in [0.5, 0.6) is 5.75 Å². The van der Waals surface area contributed by atoms with E-state index in [0.29, 0.717) is 5.56 Å². The highest BCUT2D eigenvalue weighted by atomic mass is 19.2. The highest BCUT2D eigenvalue weighted by Crippen LogP contribution is 2.29. The van der Waals surface area contributed by atoms with Gasteiger partial charge in [-0.2, -0.15) is 8.78 Å². The van der Waals surface area contributed by atoms with Gasteiger partial charge in [-0.1, -0.05) is 58.0 Å². The normalized spacial score (nSPS) is 12.7. The van der Waals surface area contributed by atoms with Crippen LogP contribution in [-0.2, 0) is 20.9 Å². The molecule has 208 valence electrons. The van der Waals surface area contributed by atoms with E-state index >= 15 is 0 Å². The Kier molecular flexibility index (Phi) is 11.0. The van der Waals surface area contributed by atoms with Crippen molar-refractivity contribution < 1.29 is 45.8 Å². The second-order valence-corrected chi connectivity index (χ2v) is 9.40. The maximum Gasteiger partial charge on any atom is 0.408 e. The number of esters is 1. The minimum atomic E-state index is -2.41. The van der Waals surface area contributed by atoms with Crippen LogP contribution in [0.25, 0.3) is 0 Å². The van der Waals surface area contributed by atoms with Gasteiger partial charge in [-0.15, -0.1) is 0 Å². The number of hydrogen-bond acceptors (Lipinski definition) is 5. The van der Waals surface area contributed by atoms with Gasteiger partial charge in [0, 0.05) is 0 Å². The highest BCUT2D eigenvalue weighted by Gasteiger charge is 2.33. The van der Waals surface area contributed by atoms with Crippen molar-refractivity contribution in [2.75, 3.05) is 0 Å². The number of hydrogen-bond donors (Lipinski definition) is 2. The van der Waals surface area contributed by atoms with Gasteiger partial charge in [-0.3, -0.25) is 4.79 Å². The molecule has 0 aliphatic rings. The summed E-state index contributed by atoms with van der Waals surface area (Å²) in [4.78, 5) is 38.0. The summed E-state index contributed by atoms with van der Waals surface area (Å²) in [5.74, 6) is -16.1. The predicted molar refractivity (Wildman–Crippen MR) is 126 cm³/mol. The van der Waals surface area contributed by atoms with Crippen molar-refractivity contribution >= 4 is 18.0 Å². The molecule has 0 spiro atoms. The molecule has 0 saturated carbocycles. The number of carbonyl (C=O) groups is 3. The summed E-state index contributed by atoms with van der Waals surface area (Å²) in [6.45, 7) is 6.82. The molecule has 0 aliphatic carbocycles. The van der Waals surface area contributed by atoms with Gasteiger partial charge in [-0.25, -0.2) is 22.8 Å². The van der Waals surface area contributed by atoms with Crippen LogP contribution < -0.4 is 15.4 Å². The molecule has 2 amide bonds. The topological polar surface area (TPSA) is 93.7 Å². The van der Waals surface area contributed by atoms with E-state index < -0.39 is 64.9 Å². The van der Waals surface area contributed by atoms with Crippen molar-refractivity contribution in [3.05, 3.63) is 65.0 Å². The molecule has 0 saturated heterocycles. The lowest BCUT2D eigenvalue weighted by molar-refractivity contribution is -0.140. The Morgan fingerprint density at radius 3 is 1.76 bits per heavy atom. The number of carbonyl (C=O) groups excluding carboxylic acids is 3. The predicted octanol–water partition coefficient (Wildman–Crippen LogP) is 5.16. The van der Waals surface area contributed by atoms with Crippen LogP contribution in [0.15, 0.2) is 30.3 Å². The van der Waals surface area contributed by atoms with Crippen molar-refractivity contribution in [2.24, 2.45) is 11.8 Å². The van der Waals surface area contributed by atoms with Gasteiger partial charge in [-0.05, 0) is 30.2 Å². The monoisotopic (exact) mass is 544 g/mol. The lowest BCUT2D eigenvalue weighted by atomic mass is 10.0. The highest BCUT2D eigenvalue weighted by molar-refractivity contribution is 5.90. The Labute approximate surface area is 216 Å². The average Bonchev–Trinajstić information content (AvgIpc) is 2.86. The number of nitrogens with one attached hydrogen (secondary N) is 2. The molecule has 0 unspecified atom stereocenters. The zero-order chi connectivity index (χ0) is 28.6. The van der Waals surface area contributed by atoms with Gasteiger partial charge in [0.2, 0.25) is 40.7 Å². The number of halogens is 5. The second kappa shape index (κ2) is 13.7. The third kappa shape index (κ3) is 8.42. The Morgan fingerprint density at radius 2 is 1.24 bits per heavy atom. The lowest BCUT2D eigenvalue weighted by Crippen LogP contribution is -2.53. The van der Waals surface area contributed by atoms with Gasteiger partial charge in [0.1, 0.15) is 18.7 Å². The fourth-order valence-electron chi connectivity index (χ4n) is 3.41. The average molecular weight is 545 g/mol. The maximum atomic E-state index is 14.0. The van der Waals surface area contributed by atoms with Crippen LogP contribution in [0.2, 0.25) is 0 Å². The van der Waals surface area contributed by atoms with Crippen LogP contribution in [-0.4, -0.2) is 30.1 Å². The third-order valence-corrected chi connectivity index (χ3v) is 5.21. The largest absolute Gasteiger partial charge is 0.445 e. The van der Waals surface area contributed by atoms with Crippen LogP contribution in [0.1, 0.15) is 46.1 Å². The van der Waals surface area contributed by atoms with E-state index in [1.807, 2.05) is 0 Å². The van der Waals surface area contributed by atoms with Crippen molar-refractivity contribution in [1.82, 2.24) is 10.6 Å². The van der Waals surface area contributed by atoms with E-state index in [0.717, 1.165) is 0 Å². The maximum absolute atomic E-state index is 14.0. The SMILES string of the molecule is CC(C)C[C@H](NC(=O)[C@@H](CC(C)C)NC(=O)OCc1ccccc1)C(=O)Oc1c(F)c(F)c(F)c(F)c1F. The molecular weight excluding hydrogens is 515 g/mol. The molecule has 0 bridgehead atoms. The molecule has 2 rings (SSSR count). The molecular formula is C26H29F5N2O5. The molecule has 12 heteroatoms. The van der Waals surface area contributed by atoms with Crippen molar-refractivity contribution in [2.45, 2.75) is 59.2 Å². The Balaban J connectivity index is 2.18. The van der Waals surface area contributed by atoms with E-state index in [4.69, 9.17) is 4.74 Å². The first-order chi connectivity index (χ1) is 17.8. The summed E-state index contributed by atoms with van der Waals surface area (Å²) in [6, 6.07) is 6.06. The lowest BCUT2D eigenvalue weighted by Gasteiger charge is -2.24. The quantitative estimate of drug-likeness (QED) is 0.134. The number of alkyl carbamates (subject to hydrolysis) is 1. The number of ether oxygens (including phenoxy) is 2. The van der Waals surface area contributed by atoms with E-state index in [1.54, 1.807) is 58.0 Å². The first-order valence-electron chi connectivity index (χ1n) is 11.8. The molecule has 38 heavy (non-hydrogen) atoms. The Morgan fingerprint density at radius 1 is 0.737 bits per heavy atom. The van der Waals surface area contributed by atoms with Crippen LogP contribution in [0, 0.1) is 40.9 Å². The Bertz CT molecular complexity index is 1120. The number of amides is 2. The summed E-state index contributed by atoms with van der Waals surface area (Å²) in [5.41, 5.74) is 0.709. The summed E-state index contributed by atoms with van der Waals surface area (Å²) in [5, 5.41) is 4.76. The van der Waals surface area contributed by atoms with E-state index in [1.165, 1.54) is 0 Å². The molecule has 7 nitrogen and oxygen atoms in total. The van der Waals surface area contributed by atoms with Gasteiger partial charge in [0.05, 0.1) is 0 Å². The zero-order valence-electron chi connectivity index (χ0n) is 21.2. The summed E-state index contributed by atoms with van der Waals surface area (Å²) in [6.07, 6.45) is -0.876. The van der Waals surface area contributed by atoms with Gasteiger partial charge < -0.3 is 20.1 Å². The second-order valence-electron chi connectivity index (χ2n) is 9.40. The fraction of sp³-hybridized carbons (Fsp3) is 0.423. The Hall–Kier alpha value is -3.70. The van der Waals surface area contributed by atoms with Crippen LogP contribution in [0.3, 0.4) is 0 Å². The molecule has 2 aromatic carbocycles. The molecule has 2 aromatic rings. The minimum absolute atomic E-state index is 0.0626. The van der Waals surface area contributed by atoms with Gasteiger partial charge in [0.15, 0.2) is 0 Å². The number of rotatable bonds is 11. The smallest absolute Gasteiger partial charge is 0.408 e. The number of benzene rings is 2. The van der Waals surface area contributed by atoms with Gasteiger partial charge in [0.25, 0.3) is 0 Å². The first-order valence-corrected chi connectivity index (χ1v) is 11.8. The molecule has 2 N–H and O–H groups in total. The fourth-order valence-corrected chi connectivity index (χ4v) is 3.41. The summed E-state index contributed by atoms with van der Waals surface area (Å²) < 4.78 is 78.0. The molecule has 0 aliphatic heterocycles.